The molecule has 3 aromatic rings. The first-order valence-corrected chi connectivity index (χ1v) is 9.01. The highest BCUT2D eigenvalue weighted by Gasteiger charge is 2.09. The molecule has 0 aliphatic heterocycles. The highest BCUT2D eigenvalue weighted by atomic mass is 32.1. The number of rotatable bonds is 5. The summed E-state index contributed by atoms with van der Waals surface area (Å²) in [6, 6.07) is 18.1. The molecule has 0 aliphatic carbocycles. The Kier molecular flexibility index (Phi) is 4.92. The van der Waals surface area contributed by atoms with E-state index in [-0.39, 0.29) is 5.82 Å². The zero-order valence-corrected chi connectivity index (χ0v) is 14.4. The molecule has 0 radical (unpaired) electrons. The number of aryl methyl sites for hydroxylation is 2. The second-order valence-corrected chi connectivity index (χ2v) is 6.93. The largest absolute Gasteiger partial charge is 0.206 e. The Morgan fingerprint density at radius 3 is 2.22 bits per heavy atom. The fourth-order valence-electron chi connectivity index (χ4n) is 2.76. The van der Waals surface area contributed by atoms with E-state index in [4.69, 9.17) is 0 Å². The van der Waals surface area contributed by atoms with Gasteiger partial charge in [-0.3, -0.25) is 0 Å². The molecule has 0 bridgehead atoms. The minimum Gasteiger partial charge on any atom is -0.206 e. The SMILES string of the molecule is CCCc1ccc(-c2ccc(-c3ccc(CC)s3)c(F)c2)cc1. The van der Waals surface area contributed by atoms with Crippen LogP contribution in [0.25, 0.3) is 21.6 Å². The summed E-state index contributed by atoms with van der Waals surface area (Å²) in [5.74, 6) is -0.148. The number of halogens is 1. The van der Waals surface area contributed by atoms with Crippen molar-refractivity contribution in [2.75, 3.05) is 0 Å². The molecule has 0 atom stereocenters. The van der Waals surface area contributed by atoms with Crippen LogP contribution in [0.5, 0.6) is 0 Å². The number of hydrogen-bond donors (Lipinski definition) is 0. The molecule has 0 saturated heterocycles. The van der Waals surface area contributed by atoms with Gasteiger partial charge in [-0.05, 0) is 53.8 Å². The van der Waals surface area contributed by atoms with E-state index in [1.54, 1.807) is 17.4 Å². The average molecular weight is 324 g/mol. The van der Waals surface area contributed by atoms with E-state index in [1.807, 2.05) is 18.2 Å². The van der Waals surface area contributed by atoms with E-state index in [1.165, 1.54) is 10.4 Å². The molecule has 2 heteroatoms. The zero-order chi connectivity index (χ0) is 16.2. The highest BCUT2D eigenvalue weighted by molar-refractivity contribution is 7.15. The van der Waals surface area contributed by atoms with E-state index in [0.29, 0.717) is 5.56 Å². The number of hydrogen-bond acceptors (Lipinski definition) is 1. The maximum atomic E-state index is 14.5. The predicted octanol–water partition coefficient (Wildman–Crippen LogP) is 6.74. The Morgan fingerprint density at radius 2 is 1.61 bits per heavy atom. The topological polar surface area (TPSA) is 0 Å². The van der Waals surface area contributed by atoms with Gasteiger partial charge in [0.1, 0.15) is 5.82 Å². The second-order valence-electron chi connectivity index (χ2n) is 5.76. The van der Waals surface area contributed by atoms with Crippen molar-refractivity contribution in [2.45, 2.75) is 33.1 Å². The van der Waals surface area contributed by atoms with Gasteiger partial charge in [0.05, 0.1) is 0 Å². The zero-order valence-electron chi connectivity index (χ0n) is 13.6. The van der Waals surface area contributed by atoms with E-state index in [0.717, 1.165) is 35.3 Å². The molecular formula is C21H21FS. The summed E-state index contributed by atoms with van der Waals surface area (Å²) in [6.45, 7) is 4.30. The van der Waals surface area contributed by atoms with E-state index in [2.05, 4.69) is 44.2 Å². The van der Waals surface area contributed by atoms with Crippen molar-refractivity contribution in [1.82, 2.24) is 0 Å². The summed E-state index contributed by atoms with van der Waals surface area (Å²) >= 11 is 1.67. The molecule has 0 aliphatic rings. The Bertz CT molecular complexity index is 784. The molecule has 0 amide bonds. The Morgan fingerprint density at radius 1 is 0.870 bits per heavy atom. The third kappa shape index (κ3) is 3.53. The predicted molar refractivity (Wildman–Crippen MR) is 98.5 cm³/mol. The monoisotopic (exact) mass is 324 g/mol. The van der Waals surface area contributed by atoms with E-state index < -0.39 is 0 Å². The average Bonchev–Trinajstić information content (AvgIpc) is 3.04. The van der Waals surface area contributed by atoms with Gasteiger partial charge < -0.3 is 0 Å². The van der Waals surface area contributed by atoms with Gasteiger partial charge in [0, 0.05) is 15.3 Å². The van der Waals surface area contributed by atoms with Gasteiger partial charge >= 0.3 is 0 Å². The molecule has 0 unspecified atom stereocenters. The highest BCUT2D eigenvalue weighted by Crippen LogP contribution is 2.32. The van der Waals surface area contributed by atoms with Crippen molar-refractivity contribution < 1.29 is 4.39 Å². The van der Waals surface area contributed by atoms with E-state index >= 15 is 0 Å². The Balaban J connectivity index is 1.89. The maximum Gasteiger partial charge on any atom is 0.132 e. The first-order chi connectivity index (χ1) is 11.2. The quantitative estimate of drug-likeness (QED) is 0.488. The Labute approximate surface area is 141 Å². The molecule has 0 fully saturated rings. The molecular weight excluding hydrogens is 303 g/mol. The summed E-state index contributed by atoms with van der Waals surface area (Å²) in [7, 11) is 0. The number of benzene rings is 2. The van der Waals surface area contributed by atoms with Crippen LogP contribution in [-0.2, 0) is 12.8 Å². The van der Waals surface area contributed by atoms with Crippen LogP contribution in [-0.4, -0.2) is 0 Å². The van der Waals surface area contributed by atoms with Crippen LogP contribution < -0.4 is 0 Å². The van der Waals surface area contributed by atoms with E-state index in [9.17, 15) is 4.39 Å². The van der Waals surface area contributed by atoms with Gasteiger partial charge in [-0.1, -0.05) is 50.6 Å². The third-order valence-corrected chi connectivity index (χ3v) is 5.33. The lowest BCUT2D eigenvalue weighted by Crippen LogP contribution is -1.86. The van der Waals surface area contributed by atoms with Crippen LogP contribution in [0.15, 0.2) is 54.6 Å². The maximum absolute atomic E-state index is 14.5. The summed E-state index contributed by atoms with van der Waals surface area (Å²) in [4.78, 5) is 2.29. The van der Waals surface area contributed by atoms with Crippen LogP contribution in [0.2, 0.25) is 0 Å². The fraction of sp³-hybridized carbons (Fsp3) is 0.238. The van der Waals surface area contributed by atoms with Crippen LogP contribution in [0.4, 0.5) is 4.39 Å². The standard InChI is InChI=1S/C21H21FS/c1-3-5-15-6-8-16(9-7-15)17-10-12-19(20(22)14-17)21-13-11-18(4-2)23-21/h6-14H,3-5H2,1-2H3. The summed E-state index contributed by atoms with van der Waals surface area (Å²) < 4.78 is 14.5. The van der Waals surface area contributed by atoms with Gasteiger partial charge in [0.2, 0.25) is 0 Å². The molecule has 0 nitrogen and oxygen atoms in total. The number of thiophene rings is 1. The third-order valence-electron chi connectivity index (χ3n) is 4.07. The van der Waals surface area contributed by atoms with Gasteiger partial charge in [0.25, 0.3) is 0 Å². The lowest BCUT2D eigenvalue weighted by atomic mass is 10.0. The summed E-state index contributed by atoms with van der Waals surface area (Å²) in [5, 5.41) is 0. The van der Waals surface area contributed by atoms with Crippen molar-refractivity contribution >= 4 is 11.3 Å². The van der Waals surface area contributed by atoms with Crippen molar-refractivity contribution in [2.24, 2.45) is 0 Å². The molecule has 1 aromatic heterocycles. The molecule has 3 rings (SSSR count). The summed E-state index contributed by atoms with van der Waals surface area (Å²) in [6.07, 6.45) is 3.23. The minimum atomic E-state index is -0.148. The molecule has 2 aromatic carbocycles. The molecule has 0 spiro atoms. The minimum absolute atomic E-state index is 0.148. The van der Waals surface area contributed by atoms with Crippen molar-refractivity contribution in [3.05, 3.63) is 70.9 Å². The molecule has 118 valence electrons. The smallest absolute Gasteiger partial charge is 0.132 e. The van der Waals surface area contributed by atoms with Gasteiger partial charge in [-0.15, -0.1) is 11.3 Å². The second kappa shape index (κ2) is 7.10. The Hall–Kier alpha value is -1.93. The molecule has 23 heavy (non-hydrogen) atoms. The van der Waals surface area contributed by atoms with Crippen LogP contribution in [0.1, 0.15) is 30.7 Å². The van der Waals surface area contributed by atoms with Gasteiger partial charge in [-0.2, -0.15) is 0 Å². The van der Waals surface area contributed by atoms with Gasteiger partial charge in [0.15, 0.2) is 0 Å². The normalized spacial score (nSPS) is 10.9. The molecule has 0 N–H and O–H groups in total. The van der Waals surface area contributed by atoms with Crippen LogP contribution >= 0.6 is 11.3 Å². The molecule has 0 saturated carbocycles. The van der Waals surface area contributed by atoms with Crippen molar-refractivity contribution in [3.63, 3.8) is 0 Å². The van der Waals surface area contributed by atoms with Crippen LogP contribution in [0.3, 0.4) is 0 Å². The fourth-order valence-corrected chi connectivity index (χ4v) is 3.73. The van der Waals surface area contributed by atoms with Crippen molar-refractivity contribution in [1.29, 1.82) is 0 Å². The first kappa shape index (κ1) is 15.9. The van der Waals surface area contributed by atoms with Crippen LogP contribution in [0, 0.1) is 5.82 Å². The summed E-state index contributed by atoms with van der Waals surface area (Å²) in [5.41, 5.74) is 4.03. The van der Waals surface area contributed by atoms with Gasteiger partial charge in [-0.25, -0.2) is 4.39 Å². The lowest BCUT2D eigenvalue weighted by molar-refractivity contribution is 0.632. The lowest BCUT2D eigenvalue weighted by Gasteiger charge is -2.07. The first-order valence-electron chi connectivity index (χ1n) is 8.19. The van der Waals surface area contributed by atoms with Crippen molar-refractivity contribution in [3.8, 4) is 21.6 Å². The molecule has 1 heterocycles.